The zero-order valence-corrected chi connectivity index (χ0v) is 13.0. The van der Waals surface area contributed by atoms with Crippen molar-refractivity contribution in [3.63, 3.8) is 0 Å². The molecule has 1 N–H and O–H groups in total. The van der Waals surface area contributed by atoms with Gasteiger partial charge in [-0.25, -0.2) is 4.79 Å². The summed E-state index contributed by atoms with van der Waals surface area (Å²) < 4.78 is 6.69. The number of carboxylic acids is 1. The van der Waals surface area contributed by atoms with E-state index >= 15 is 0 Å². The third kappa shape index (κ3) is 2.83. The van der Waals surface area contributed by atoms with Gasteiger partial charge in [0.25, 0.3) is 0 Å². The molecule has 0 atom stereocenters. The van der Waals surface area contributed by atoms with Crippen LogP contribution < -0.4 is 4.74 Å². The first kappa shape index (κ1) is 14.6. The van der Waals surface area contributed by atoms with E-state index in [-0.39, 0.29) is 0 Å². The molecular weight excluding hydrogens is 296 g/mol. The number of aryl methyl sites for hydroxylation is 2. The first-order chi connectivity index (χ1) is 10.7. The third-order valence-electron chi connectivity index (χ3n) is 3.74. The molecule has 3 rings (SSSR count). The van der Waals surface area contributed by atoms with Gasteiger partial charge in [0, 0.05) is 10.1 Å². The summed E-state index contributed by atoms with van der Waals surface area (Å²) >= 11 is 1.73. The van der Waals surface area contributed by atoms with E-state index in [1.807, 2.05) is 24.3 Å². The molecule has 0 amide bonds. The van der Waals surface area contributed by atoms with Crippen LogP contribution in [0.5, 0.6) is 5.75 Å². The molecule has 4 heteroatoms. The normalized spacial score (nSPS) is 10.8. The Kier molecular flexibility index (Phi) is 4.11. The second-order valence-electron chi connectivity index (χ2n) is 5.10. The van der Waals surface area contributed by atoms with Crippen LogP contribution in [0.4, 0.5) is 0 Å². The van der Waals surface area contributed by atoms with E-state index in [9.17, 15) is 4.79 Å². The first-order valence-corrected chi connectivity index (χ1v) is 7.92. The second kappa shape index (κ2) is 6.20. The summed E-state index contributed by atoms with van der Waals surface area (Å²) in [5, 5.41) is 12.3. The summed E-state index contributed by atoms with van der Waals surface area (Å²) in [7, 11) is 1.70. The SMILES string of the molecule is COc1cccc2scc(CCc3ccc(C(=O)O)cc3)c12. The standard InChI is InChI=1S/C18H16O3S/c1-21-15-3-2-4-16-17(15)14(11-22-16)10-7-12-5-8-13(9-6-12)18(19)20/h2-6,8-9,11H,7,10H2,1H3,(H,19,20). The number of rotatable bonds is 5. The molecule has 0 aliphatic rings. The Morgan fingerprint density at radius 2 is 1.91 bits per heavy atom. The number of thiophene rings is 1. The summed E-state index contributed by atoms with van der Waals surface area (Å²) in [6.45, 7) is 0. The Hall–Kier alpha value is -2.33. The Bertz CT molecular complexity index is 803. The topological polar surface area (TPSA) is 46.5 Å². The molecule has 0 saturated carbocycles. The van der Waals surface area contributed by atoms with Crippen LogP contribution in [0.15, 0.2) is 47.8 Å². The molecule has 1 heterocycles. The van der Waals surface area contributed by atoms with Crippen molar-refractivity contribution in [3.8, 4) is 5.75 Å². The van der Waals surface area contributed by atoms with E-state index in [4.69, 9.17) is 9.84 Å². The highest BCUT2D eigenvalue weighted by molar-refractivity contribution is 7.17. The average molecular weight is 312 g/mol. The highest BCUT2D eigenvalue weighted by Crippen LogP contribution is 2.34. The Labute approximate surface area is 132 Å². The van der Waals surface area contributed by atoms with Crippen molar-refractivity contribution in [2.24, 2.45) is 0 Å². The minimum absolute atomic E-state index is 0.325. The number of carbonyl (C=O) groups is 1. The third-order valence-corrected chi connectivity index (χ3v) is 4.74. The number of methoxy groups -OCH3 is 1. The molecule has 0 radical (unpaired) electrons. The zero-order valence-electron chi connectivity index (χ0n) is 12.2. The fourth-order valence-electron chi connectivity index (χ4n) is 2.57. The maximum absolute atomic E-state index is 10.9. The largest absolute Gasteiger partial charge is 0.496 e. The lowest BCUT2D eigenvalue weighted by Gasteiger charge is -2.06. The van der Waals surface area contributed by atoms with Crippen LogP contribution in [-0.2, 0) is 12.8 Å². The summed E-state index contributed by atoms with van der Waals surface area (Å²) in [6, 6.07) is 13.2. The van der Waals surface area contributed by atoms with Gasteiger partial charge in [-0.05, 0) is 53.6 Å². The van der Waals surface area contributed by atoms with Gasteiger partial charge >= 0.3 is 5.97 Å². The molecular formula is C18H16O3S. The smallest absolute Gasteiger partial charge is 0.335 e. The molecule has 2 aromatic carbocycles. The monoisotopic (exact) mass is 312 g/mol. The van der Waals surface area contributed by atoms with Gasteiger partial charge in [-0.15, -0.1) is 11.3 Å². The van der Waals surface area contributed by atoms with Crippen LogP contribution in [0, 0.1) is 0 Å². The number of benzene rings is 2. The van der Waals surface area contributed by atoms with Crippen molar-refractivity contribution in [2.45, 2.75) is 12.8 Å². The van der Waals surface area contributed by atoms with Crippen molar-refractivity contribution >= 4 is 27.4 Å². The molecule has 0 aliphatic heterocycles. The molecule has 0 saturated heterocycles. The molecule has 112 valence electrons. The quantitative estimate of drug-likeness (QED) is 0.760. The lowest BCUT2D eigenvalue weighted by atomic mass is 10.0. The van der Waals surface area contributed by atoms with Gasteiger partial charge in [0.05, 0.1) is 12.7 Å². The van der Waals surface area contributed by atoms with Crippen LogP contribution in [0.3, 0.4) is 0 Å². The Morgan fingerprint density at radius 1 is 1.14 bits per heavy atom. The molecule has 0 fully saturated rings. The molecule has 0 unspecified atom stereocenters. The number of carboxylic acid groups (broad SMARTS) is 1. The number of hydrogen-bond donors (Lipinski definition) is 1. The predicted octanol–water partition coefficient (Wildman–Crippen LogP) is 4.39. The number of aromatic carboxylic acids is 1. The van der Waals surface area contributed by atoms with E-state index in [0.29, 0.717) is 5.56 Å². The van der Waals surface area contributed by atoms with Crippen molar-refractivity contribution in [3.05, 3.63) is 64.5 Å². The van der Waals surface area contributed by atoms with E-state index in [1.54, 1.807) is 30.6 Å². The molecule has 3 nitrogen and oxygen atoms in total. The molecule has 3 aromatic rings. The maximum Gasteiger partial charge on any atom is 0.335 e. The van der Waals surface area contributed by atoms with Crippen LogP contribution in [-0.4, -0.2) is 18.2 Å². The summed E-state index contributed by atoms with van der Waals surface area (Å²) in [5.74, 6) is 0.0232. The first-order valence-electron chi connectivity index (χ1n) is 7.04. The number of hydrogen-bond acceptors (Lipinski definition) is 3. The maximum atomic E-state index is 10.9. The van der Waals surface area contributed by atoms with Crippen molar-refractivity contribution in [2.75, 3.05) is 7.11 Å². The minimum atomic E-state index is -0.889. The Balaban J connectivity index is 1.80. The van der Waals surface area contributed by atoms with Crippen LogP contribution in [0.25, 0.3) is 10.1 Å². The number of ether oxygens (including phenoxy) is 1. The fourth-order valence-corrected chi connectivity index (χ4v) is 3.58. The predicted molar refractivity (Wildman–Crippen MR) is 89.2 cm³/mol. The van der Waals surface area contributed by atoms with Gasteiger partial charge in [-0.3, -0.25) is 0 Å². The van der Waals surface area contributed by atoms with Gasteiger partial charge in [0.2, 0.25) is 0 Å². The van der Waals surface area contributed by atoms with Gasteiger partial charge in [0.1, 0.15) is 5.75 Å². The van der Waals surface area contributed by atoms with Crippen molar-refractivity contribution in [1.82, 2.24) is 0 Å². The molecule has 1 aromatic heterocycles. The summed E-state index contributed by atoms with van der Waals surface area (Å²) in [4.78, 5) is 10.9. The minimum Gasteiger partial charge on any atom is -0.496 e. The van der Waals surface area contributed by atoms with Crippen LogP contribution in [0.1, 0.15) is 21.5 Å². The van der Waals surface area contributed by atoms with Gasteiger partial charge in [-0.1, -0.05) is 18.2 Å². The molecule has 0 aliphatic carbocycles. The van der Waals surface area contributed by atoms with Gasteiger partial charge in [-0.2, -0.15) is 0 Å². The fraction of sp³-hybridized carbons (Fsp3) is 0.167. The van der Waals surface area contributed by atoms with E-state index in [0.717, 1.165) is 24.2 Å². The second-order valence-corrected chi connectivity index (χ2v) is 6.01. The molecule has 22 heavy (non-hydrogen) atoms. The lowest BCUT2D eigenvalue weighted by Crippen LogP contribution is -1.97. The lowest BCUT2D eigenvalue weighted by molar-refractivity contribution is 0.0697. The summed E-state index contributed by atoms with van der Waals surface area (Å²) in [5.41, 5.74) is 2.74. The van der Waals surface area contributed by atoms with Gasteiger partial charge in [0.15, 0.2) is 0 Å². The van der Waals surface area contributed by atoms with E-state index in [2.05, 4.69) is 11.4 Å². The average Bonchev–Trinajstić information content (AvgIpc) is 2.96. The molecule has 0 spiro atoms. The van der Waals surface area contributed by atoms with Crippen LogP contribution >= 0.6 is 11.3 Å². The van der Waals surface area contributed by atoms with E-state index < -0.39 is 5.97 Å². The van der Waals surface area contributed by atoms with Gasteiger partial charge < -0.3 is 9.84 Å². The van der Waals surface area contributed by atoms with E-state index in [1.165, 1.54) is 15.6 Å². The van der Waals surface area contributed by atoms with Crippen molar-refractivity contribution in [1.29, 1.82) is 0 Å². The Morgan fingerprint density at radius 3 is 2.59 bits per heavy atom. The highest BCUT2D eigenvalue weighted by atomic mass is 32.1. The summed E-state index contributed by atoms with van der Waals surface area (Å²) in [6.07, 6.45) is 1.79. The van der Waals surface area contributed by atoms with Crippen molar-refractivity contribution < 1.29 is 14.6 Å². The zero-order chi connectivity index (χ0) is 15.5. The molecule has 0 bridgehead atoms. The van der Waals surface area contributed by atoms with Crippen LogP contribution in [0.2, 0.25) is 0 Å². The number of fused-ring (bicyclic) bond motifs is 1. The highest BCUT2D eigenvalue weighted by Gasteiger charge is 2.09.